The first kappa shape index (κ1) is 16.1. The Bertz CT molecular complexity index is 834. The lowest BCUT2D eigenvalue weighted by Gasteiger charge is -2.18. The third-order valence-corrected chi connectivity index (χ3v) is 3.61. The van der Waals surface area contributed by atoms with Crippen molar-refractivity contribution < 1.29 is 28.0 Å². The average molecular weight is 352 g/mol. The Kier molecular flexibility index (Phi) is 3.81. The van der Waals surface area contributed by atoms with Gasteiger partial charge in [-0.25, -0.2) is 4.79 Å². The van der Waals surface area contributed by atoms with Gasteiger partial charge in [0.2, 0.25) is 0 Å². The van der Waals surface area contributed by atoms with E-state index < -0.39 is 29.3 Å². The van der Waals surface area contributed by atoms with Gasteiger partial charge in [-0.1, -0.05) is 40.9 Å². The van der Waals surface area contributed by atoms with E-state index in [0.29, 0.717) is 0 Å². The zero-order valence-corrected chi connectivity index (χ0v) is 12.6. The van der Waals surface area contributed by atoms with Gasteiger partial charge in [0.1, 0.15) is 0 Å². The smallest absolute Gasteiger partial charge is 0.323 e. The second-order valence-electron chi connectivity index (χ2n) is 4.91. The minimum absolute atomic E-state index is 0.000653. The van der Waals surface area contributed by atoms with E-state index >= 15 is 0 Å². The number of fused-ring (bicyclic) bond motifs is 1. The van der Waals surface area contributed by atoms with Gasteiger partial charge in [0.15, 0.2) is 0 Å². The van der Waals surface area contributed by atoms with Crippen LogP contribution >= 0.6 is 11.6 Å². The largest absolute Gasteiger partial charge is 0.407 e. The molecule has 1 heterocycles. The van der Waals surface area contributed by atoms with Crippen LogP contribution < -0.4 is 0 Å². The molecule has 0 saturated heterocycles. The molecule has 0 unspecified atom stereocenters. The Morgan fingerprint density at radius 3 is 2.12 bits per heavy atom. The molecule has 0 aromatic heterocycles. The highest BCUT2D eigenvalue weighted by atomic mass is 35.5. The van der Waals surface area contributed by atoms with Gasteiger partial charge in [-0.3, -0.25) is 9.59 Å². The lowest BCUT2D eigenvalue weighted by atomic mass is 10.1. The highest BCUT2D eigenvalue weighted by Crippen LogP contribution is 2.32. The van der Waals surface area contributed by atoms with Crippen molar-refractivity contribution in [2.24, 2.45) is 0 Å². The molecule has 0 aliphatic carbocycles. The summed E-state index contributed by atoms with van der Waals surface area (Å²) in [6.07, 6.45) is 0. The number of benzene rings is 2. The summed E-state index contributed by atoms with van der Waals surface area (Å²) in [6.45, 7) is 0. The van der Waals surface area contributed by atoms with Crippen LogP contribution in [0.15, 0.2) is 48.5 Å². The van der Waals surface area contributed by atoms with E-state index in [1.165, 1.54) is 36.4 Å². The molecule has 122 valence electrons. The van der Waals surface area contributed by atoms with Gasteiger partial charge in [-0.15, -0.1) is 0 Å². The minimum atomic E-state index is -4.08. The van der Waals surface area contributed by atoms with Crippen molar-refractivity contribution in [3.05, 3.63) is 70.2 Å². The molecule has 5 nitrogen and oxygen atoms in total. The van der Waals surface area contributed by atoms with Gasteiger partial charge < -0.3 is 4.84 Å². The molecule has 2 aromatic carbocycles. The number of hydrogen-bond donors (Lipinski definition) is 0. The molecule has 0 saturated carbocycles. The minimum Gasteiger partial charge on any atom is -0.323 e. The Labute approximate surface area is 139 Å². The predicted molar refractivity (Wildman–Crippen MR) is 78.4 cm³/mol. The summed E-state index contributed by atoms with van der Waals surface area (Å²) in [6, 6.07) is 10.1. The van der Waals surface area contributed by atoms with Gasteiger partial charge >= 0.3 is 11.9 Å². The quantitative estimate of drug-likeness (QED) is 0.797. The van der Waals surface area contributed by atoms with E-state index in [9.17, 15) is 23.2 Å². The number of alkyl halides is 2. The zero-order chi connectivity index (χ0) is 17.5. The van der Waals surface area contributed by atoms with Crippen LogP contribution in [0.1, 0.15) is 26.3 Å². The monoisotopic (exact) mass is 351 g/mol. The lowest BCUT2D eigenvalue weighted by Crippen LogP contribution is -2.38. The number of hydroxylamine groups is 2. The summed E-state index contributed by atoms with van der Waals surface area (Å²) in [5, 5.41) is 0.0338. The lowest BCUT2D eigenvalue weighted by molar-refractivity contribution is -0.198. The fourth-order valence-corrected chi connectivity index (χ4v) is 2.38. The van der Waals surface area contributed by atoms with Gasteiger partial charge in [-0.2, -0.15) is 8.78 Å². The van der Waals surface area contributed by atoms with E-state index in [0.717, 1.165) is 12.1 Å². The summed E-state index contributed by atoms with van der Waals surface area (Å²) in [4.78, 5) is 40.2. The van der Waals surface area contributed by atoms with Gasteiger partial charge in [-0.05, 0) is 24.3 Å². The maximum absolute atomic E-state index is 14.2. The molecule has 8 heteroatoms. The molecule has 1 aliphatic rings. The third-order valence-electron chi connectivity index (χ3n) is 3.37. The molecule has 2 amide bonds. The Balaban J connectivity index is 1.85. The van der Waals surface area contributed by atoms with Crippen LogP contribution in [-0.2, 0) is 15.6 Å². The average Bonchev–Trinajstić information content (AvgIpc) is 2.80. The summed E-state index contributed by atoms with van der Waals surface area (Å²) >= 11 is 5.63. The molecule has 0 N–H and O–H groups in total. The highest BCUT2D eigenvalue weighted by molar-refractivity contribution is 6.30. The molecule has 2 aromatic rings. The first-order valence-corrected chi connectivity index (χ1v) is 7.04. The molecule has 0 bridgehead atoms. The van der Waals surface area contributed by atoms with Crippen LogP contribution in [0.5, 0.6) is 0 Å². The van der Waals surface area contributed by atoms with Crippen molar-refractivity contribution in [2.45, 2.75) is 5.92 Å². The van der Waals surface area contributed by atoms with Gasteiger partial charge in [0, 0.05) is 10.6 Å². The SMILES string of the molecule is O=C1c2ccccc2C(=O)N1OC(=O)C(F)(F)c1cccc(Cl)c1. The first-order chi connectivity index (χ1) is 11.3. The maximum Gasteiger partial charge on any atom is 0.407 e. The number of rotatable bonds is 3. The highest BCUT2D eigenvalue weighted by Gasteiger charge is 2.48. The molecule has 0 radical (unpaired) electrons. The Morgan fingerprint density at radius 1 is 1.00 bits per heavy atom. The number of carbonyl (C=O) groups is 3. The van der Waals surface area contributed by atoms with E-state index in [2.05, 4.69) is 4.84 Å². The molecule has 0 atom stereocenters. The summed E-state index contributed by atoms with van der Waals surface area (Å²) < 4.78 is 28.4. The molecular weight excluding hydrogens is 344 g/mol. The molecular formula is C16H8ClF2NO4. The first-order valence-electron chi connectivity index (χ1n) is 6.66. The van der Waals surface area contributed by atoms with E-state index in [4.69, 9.17) is 11.6 Å². The van der Waals surface area contributed by atoms with E-state index in [1.807, 2.05) is 0 Å². The molecule has 0 spiro atoms. The van der Waals surface area contributed by atoms with E-state index in [1.54, 1.807) is 0 Å². The van der Waals surface area contributed by atoms with Crippen LogP contribution in [0.25, 0.3) is 0 Å². The second-order valence-corrected chi connectivity index (χ2v) is 5.35. The van der Waals surface area contributed by atoms with Crippen molar-refractivity contribution in [3.63, 3.8) is 0 Å². The third kappa shape index (κ3) is 2.52. The van der Waals surface area contributed by atoms with Crippen LogP contribution in [-0.4, -0.2) is 22.8 Å². The molecule has 0 fully saturated rings. The van der Waals surface area contributed by atoms with Crippen LogP contribution in [0.4, 0.5) is 8.78 Å². The zero-order valence-electron chi connectivity index (χ0n) is 11.8. The second kappa shape index (κ2) is 5.68. The molecule has 24 heavy (non-hydrogen) atoms. The molecule has 1 aliphatic heterocycles. The van der Waals surface area contributed by atoms with Crippen LogP contribution in [0, 0.1) is 0 Å². The fraction of sp³-hybridized carbons (Fsp3) is 0.0625. The molecule has 3 rings (SSSR count). The van der Waals surface area contributed by atoms with Crippen molar-refractivity contribution in [3.8, 4) is 0 Å². The summed E-state index contributed by atoms with van der Waals surface area (Å²) in [5.41, 5.74) is -0.764. The van der Waals surface area contributed by atoms with E-state index in [-0.39, 0.29) is 21.2 Å². The number of imide groups is 1. The van der Waals surface area contributed by atoms with Crippen molar-refractivity contribution in [1.29, 1.82) is 0 Å². The normalized spacial score (nSPS) is 13.9. The maximum atomic E-state index is 14.2. The van der Waals surface area contributed by atoms with Crippen molar-refractivity contribution in [1.82, 2.24) is 5.06 Å². The number of halogens is 3. The summed E-state index contributed by atoms with van der Waals surface area (Å²) in [7, 11) is 0. The number of carbonyl (C=O) groups excluding carboxylic acids is 3. The fourth-order valence-electron chi connectivity index (χ4n) is 2.19. The Hall–Kier alpha value is -2.80. The number of hydrogen-bond acceptors (Lipinski definition) is 4. The van der Waals surface area contributed by atoms with Gasteiger partial charge in [0.25, 0.3) is 11.8 Å². The summed E-state index contributed by atoms with van der Waals surface area (Å²) in [5.74, 6) is -8.10. The standard InChI is InChI=1S/C16H8ClF2NO4/c17-10-5-3-4-9(8-10)16(18,19)15(23)24-20-13(21)11-6-1-2-7-12(11)14(20)22/h1-8H. The van der Waals surface area contributed by atoms with Crippen LogP contribution in [0.3, 0.4) is 0 Å². The van der Waals surface area contributed by atoms with Crippen molar-refractivity contribution in [2.75, 3.05) is 0 Å². The van der Waals surface area contributed by atoms with Crippen molar-refractivity contribution >= 4 is 29.4 Å². The van der Waals surface area contributed by atoms with Crippen LogP contribution in [0.2, 0.25) is 5.02 Å². The topological polar surface area (TPSA) is 63.7 Å². The number of nitrogens with zero attached hydrogens (tertiary/aromatic N) is 1. The predicted octanol–water partition coefficient (Wildman–Crippen LogP) is 3.19. The van der Waals surface area contributed by atoms with Gasteiger partial charge in [0.05, 0.1) is 11.1 Å². The number of amides is 2. The Morgan fingerprint density at radius 2 is 1.58 bits per heavy atom.